The minimum Gasteiger partial charge on any atom is -0.411 e. The molecule has 2 saturated heterocycles. The van der Waals surface area contributed by atoms with E-state index < -0.39 is 13.9 Å². The topological polar surface area (TPSA) is 71.9 Å². The van der Waals surface area contributed by atoms with Gasteiger partial charge in [-0.25, -0.2) is 0 Å². The van der Waals surface area contributed by atoms with Crippen molar-refractivity contribution in [1.82, 2.24) is 0 Å². The number of ether oxygens (including phenoxy) is 1. The molecule has 1 unspecified atom stereocenters. The molecule has 0 radical (unpaired) electrons. The largest absolute Gasteiger partial charge is 0.411 e. The molecule has 5 nitrogen and oxygen atoms in total. The van der Waals surface area contributed by atoms with Crippen molar-refractivity contribution in [2.24, 2.45) is 0 Å². The first-order chi connectivity index (χ1) is 10.5. The predicted octanol–water partition coefficient (Wildman–Crippen LogP) is 3.35. The van der Waals surface area contributed by atoms with Crippen molar-refractivity contribution in [3.8, 4) is 0 Å². The fourth-order valence-electron chi connectivity index (χ4n) is 4.11. The van der Waals surface area contributed by atoms with Crippen LogP contribution in [-0.4, -0.2) is 42.9 Å². The predicted molar refractivity (Wildman–Crippen MR) is 87.4 cm³/mol. The van der Waals surface area contributed by atoms with Crippen LogP contribution in [0.4, 0.5) is 0 Å². The van der Waals surface area contributed by atoms with Crippen LogP contribution in [0.15, 0.2) is 0 Å². The molecule has 0 spiro atoms. The Labute approximate surface area is 134 Å². The minimum atomic E-state index is -1.81. The second-order valence-electron chi connectivity index (χ2n) is 6.78. The van der Waals surface area contributed by atoms with E-state index in [9.17, 15) is 4.79 Å². The van der Waals surface area contributed by atoms with E-state index in [0.29, 0.717) is 6.42 Å². The number of carbonyl (C=O) groups excluding carboxylic acids is 1. The maximum Gasteiger partial charge on any atom is 0.323 e. The van der Waals surface area contributed by atoms with Gasteiger partial charge in [0.05, 0.1) is 17.8 Å². The number of hydrogen-bond donors (Lipinski definition) is 0. The molecule has 2 fully saturated rings. The van der Waals surface area contributed by atoms with Gasteiger partial charge >= 0.3 is 6.21 Å². The van der Waals surface area contributed by atoms with Crippen LogP contribution in [0.1, 0.15) is 52.9 Å². The Kier molecular flexibility index (Phi) is 5.72. The van der Waals surface area contributed by atoms with Crippen molar-refractivity contribution in [3.63, 3.8) is 0 Å². The summed E-state index contributed by atoms with van der Waals surface area (Å²) in [4.78, 5) is 15.0. The summed E-state index contributed by atoms with van der Waals surface area (Å²) in [5.74, 6) is -0.157. The van der Waals surface area contributed by atoms with Crippen LogP contribution in [0, 0.1) is 0 Å². The van der Waals surface area contributed by atoms with Gasteiger partial charge in [0.15, 0.2) is 8.32 Å². The summed E-state index contributed by atoms with van der Waals surface area (Å²) in [6.07, 6.45) is 5.47. The van der Waals surface area contributed by atoms with Crippen LogP contribution in [0.3, 0.4) is 0 Å². The van der Waals surface area contributed by atoms with Gasteiger partial charge in [0, 0.05) is 19.3 Å². The van der Waals surface area contributed by atoms with Crippen molar-refractivity contribution < 1.29 is 18.7 Å². The number of hydrogen-bond acceptors (Lipinski definition) is 3. The lowest BCUT2D eigenvalue weighted by Crippen LogP contribution is -2.53. The highest BCUT2D eigenvalue weighted by Crippen LogP contribution is 2.45. The highest BCUT2D eigenvalue weighted by molar-refractivity contribution is 6.73. The highest BCUT2D eigenvalue weighted by Gasteiger charge is 2.50. The van der Waals surface area contributed by atoms with Crippen LogP contribution in [-0.2, 0) is 14.0 Å². The third-order valence-corrected chi connectivity index (χ3v) is 10.2. The van der Waals surface area contributed by atoms with Crippen molar-refractivity contribution in [3.05, 3.63) is 5.53 Å². The third kappa shape index (κ3) is 3.74. The molecule has 22 heavy (non-hydrogen) atoms. The molecule has 6 heteroatoms. The van der Waals surface area contributed by atoms with Crippen LogP contribution >= 0.6 is 0 Å². The maximum atomic E-state index is 12.1. The Hall–Kier alpha value is -0.813. The number of carbonyl (C=O) groups is 1. The molecule has 124 valence electrons. The zero-order valence-corrected chi connectivity index (χ0v) is 15.0. The lowest BCUT2D eigenvalue weighted by molar-refractivity contribution is -0.131. The van der Waals surface area contributed by atoms with Gasteiger partial charge in [-0.05, 0) is 31.0 Å². The molecule has 2 bridgehead atoms. The second kappa shape index (κ2) is 7.17. The van der Waals surface area contributed by atoms with Crippen molar-refractivity contribution >= 4 is 20.3 Å². The minimum absolute atomic E-state index is 0.157. The molecule has 3 atom stereocenters. The molecule has 0 aromatic heterocycles. The quantitative estimate of drug-likeness (QED) is 0.297. The van der Waals surface area contributed by atoms with Crippen LogP contribution in [0.2, 0.25) is 18.1 Å². The van der Waals surface area contributed by atoms with Crippen LogP contribution in [0.25, 0.3) is 5.53 Å². The Bertz CT molecular complexity index is 438. The lowest BCUT2D eigenvalue weighted by atomic mass is 9.86. The molecule has 2 aliphatic heterocycles. The van der Waals surface area contributed by atoms with E-state index in [4.69, 9.17) is 14.7 Å². The standard InChI is InChI=1S/C16H28N2O3Si/c1-4-22(5-2,6-3)21-16(9-13(19)12-18-17)10-14-7-8-15(11-16)20-14/h12,14-15H,4-11H2,1-3H3/t14-,15+,16?. The van der Waals surface area contributed by atoms with Gasteiger partial charge in [-0.1, -0.05) is 20.8 Å². The average molecular weight is 324 g/mol. The first-order valence-corrected chi connectivity index (χ1v) is 11.1. The van der Waals surface area contributed by atoms with Crippen molar-refractivity contribution in [1.29, 1.82) is 0 Å². The Balaban J connectivity index is 2.25. The number of fused-ring (bicyclic) bond motifs is 2. The fraction of sp³-hybridized carbons (Fsp3) is 0.875. The van der Waals surface area contributed by atoms with Gasteiger partial charge in [0.2, 0.25) is 5.78 Å². The van der Waals surface area contributed by atoms with E-state index in [1.165, 1.54) is 0 Å². The van der Waals surface area contributed by atoms with E-state index in [1.807, 2.05) is 0 Å². The van der Waals surface area contributed by atoms with Gasteiger partial charge in [0.1, 0.15) is 0 Å². The molecule has 0 aromatic carbocycles. The second-order valence-corrected chi connectivity index (χ2v) is 11.5. The Morgan fingerprint density at radius 3 is 2.27 bits per heavy atom. The number of Topliss-reactive ketones (excluding diaryl/α,β-unsaturated/α-hetero) is 1. The summed E-state index contributed by atoms with van der Waals surface area (Å²) in [7, 11) is -1.81. The van der Waals surface area contributed by atoms with E-state index in [0.717, 1.165) is 50.0 Å². The summed E-state index contributed by atoms with van der Waals surface area (Å²) in [6.45, 7) is 6.62. The monoisotopic (exact) mass is 324 g/mol. The lowest BCUT2D eigenvalue weighted by Gasteiger charge is -2.46. The van der Waals surface area contributed by atoms with Crippen molar-refractivity contribution in [2.75, 3.05) is 0 Å². The summed E-state index contributed by atoms with van der Waals surface area (Å²) >= 11 is 0. The molecule has 0 saturated carbocycles. The Morgan fingerprint density at radius 2 is 1.82 bits per heavy atom. The Morgan fingerprint density at radius 1 is 1.27 bits per heavy atom. The summed E-state index contributed by atoms with van der Waals surface area (Å²) in [5, 5.41) is 0. The fourth-order valence-corrected chi connectivity index (χ4v) is 7.20. The van der Waals surface area contributed by atoms with Gasteiger partial charge in [0.25, 0.3) is 0 Å². The van der Waals surface area contributed by atoms with Gasteiger partial charge in [-0.3, -0.25) is 4.79 Å². The molecule has 2 heterocycles. The molecule has 0 aromatic rings. The van der Waals surface area contributed by atoms with Crippen LogP contribution in [0.5, 0.6) is 0 Å². The zero-order valence-electron chi connectivity index (χ0n) is 14.0. The first-order valence-electron chi connectivity index (χ1n) is 8.56. The molecule has 2 aliphatic rings. The SMILES string of the molecule is CC[Si](CC)(CC)OC1(CC(=O)C=[N+]=[N-])C[C@H]2CC[C@@H](C1)O2. The van der Waals surface area contributed by atoms with E-state index in [2.05, 4.69) is 25.6 Å². The van der Waals surface area contributed by atoms with Gasteiger partial charge in [-0.15, -0.1) is 0 Å². The average Bonchev–Trinajstić information content (AvgIpc) is 2.85. The number of ketones is 1. The van der Waals surface area contributed by atoms with Crippen LogP contribution < -0.4 is 0 Å². The van der Waals surface area contributed by atoms with Crippen molar-refractivity contribution in [2.45, 2.75) is 88.8 Å². The van der Waals surface area contributed by atoms with E-state index in [-0.39, 0.29) is 18.0 Å². The van der Waals surface area contributed by atoms with E-state index >= 15 is 0 Å². The van der Waals surface area contributed by atoms with Gasteiger partial charge < -0.3 is 14.7 Å². The molecule has 0 amide bonds. The maximum absolute atomic E-state index is 12.1. The molecule has 2 rings (SSSR count). The highest BCUT2D eigenvalue weighted by atomic mass is 28.4. The summed E-state index contributed by atoms with van der Waals surface area (Å²) in [5.41, 5.74) is 8.21. The molecular weight excluding hydrogens is 296 g/mol. The number of nitrogens with zero attached hydrogens (tertiary/aromatic N) is 2. The smallest absolute Gasteiger partial charge is 0.323 e. The third-order valence-electron chi connectivity index (χ3n) is 5.46. The zero-order chi connectivity index (χ0) is 16.2. The van der Waals surface area contributed by atoms with E-state index in [1.54, 1.807) is 0 Å². The molecule has 0 aliphatic carbocycles. The van der Waals surface area contributed by atoms with Gasteiger partial charge in [-0.2, -0.15) is 4.79 Å². The normalized spacial score (nSPS) is 30.9. The molecular formula is C16H28N2O3Si. The first kappa shape index (κ1) is 17.5. The number of rotatable bonds is 8. The summed E-state index contributed by atoms with van der Waals surface area (Å²) in [6, 6.07) is 3.21. The molecule has 0 N–H and O–H groups in total. The summed E-state index contributed by atoms with van der Waals surface area (Å²) < 4.78 is 12.8.